The van der Waals surface area contributed by atoms with E-state index in [0.29, 0.717) is 0 Å². The summed E-state index contributed by atoms with van der Waals surface area (Å²) >= 11 is 5.57. The molecule has 0 aromatic heterocycles. The average Bonchev–Trinajstić information content (AvgIpc) is 2.26. The highest BCUT2D eigenvalue weighted by Gasteiger charge is 1.93. The average molecular weight is 210 g/mol. The highest BCUT2D eigenvalue weighted by Crippen LogP contribution is 2.11. The Morgan fingerprint density at radius 1 is 1.50 bits per heavy atom. The molecule has 76 valence electrons. The van der Waals surface area contributed by atoms with Crippen LogP contribution in [0.3, 0.4) is 0 Å². The van der Waals surface area contributed by atoms with E-state index in [1.54, 1.807) is 5.54 Å². The Hall–Kier alpha value is -0.950. The van der Waals surface area contributed by atoms with Crippen LogP contribution in [0.25, 0.3) is 0 Å². The van der Waals surface area contributed by atoms with E-state index in [4.69, 9.17) is 11.6 Å². The highest BCUT2D eigenvalue weighted by molar-refractivity contribution is 6.25. The van der Waals surface area contributed by atoms with E-state index in [-0.39, 0.29) is 0 Å². The van der Waals surface area contributed by atoms with Crippen LogP contribution in [-0.2, 0) is 6.42 Å². The summed E-state index contributed by atoms with van der Waals surface area (Å²) in [4.78, 5) is 0. The molecule has 0 aliphatic carbocycles. The van der Waals surface area contributed by atoms with Crippen LogP contribution in [0.4, 0.5) is 5.69 Å². The molecule has 0 aliphatic rings. The number of hydrogen-bond donors (Lipinski definition) is 1. The normalized spacial score (nSPS) is 11.5. The zero-order valence-corrected chi connectivity index (χ0v) is 9.43. The zero-order valence-electron chi connectivity index (χ0n) is 8.68. The summed E-state index contributed by atoms with van der Waals surface area (Å²) in [6.45, 7) is 4.96. The Labute approximate surface area is 90.8 Å². The van der Waals surface area contributed by atoms with Crippen LogP contribution in [0, 0.1) is 0 Å². The number of anilines is 1. The van der Waals surface area contributed by atoms with Crippen molar-refractivity contribution in [1.82, 2.24) is 0 Å². The van der Waals surface area contributed by atoms with E-state index in [0.717, 1.165) is 24.2 Å². The first kappa shape index (κ1) is 11.1. The van der Waals surface area contributed by atoms with E-state index in [2.05, 4.69) is 36.5 Å². The standard InChI is InChI=1S/C12H16ClN/c1-3-11-5-4-6-12(7-11)14-9-10(2)8-13/h4-8,14H,3,9H2,1-2H3/b10-8+. The number of benzene rings is 1. The number of hydrogen-bond acceptors (Lipinski definition) is 1. The lowest BCUT2D eigenvalue weighted by molar-refractivity contribution is 1.13. The smallest absolute Gasteiger partial charge is 0.0369 e. The van der Waals surface area contributed by atoms with Gasteiger partial charge in [0.05, 0.1) is 0 Å². The van der Waals surface area contributed by atoms with Gasteiger partial charge in [0.2, 0.25) is 0 Å². The van der Waals surface area contributed by atoms with Gasteiger partial charge in [0, 0.05) is 17.8 Å². The third kappa shape index (κ3) is 3.43. The molecule has 0 heterocycles. The Kier molecular flexibility index (Phi) is 4.54. The van der Waals surface area contributed by atoms with Gasteiger partial charge < -0.3 is 5.32 Å². The molecule has 0 spiro atoms. The SMILES string of the molecule is CCc1cccc(NC/C(C)=C/Cl)c1. The maximum absolute atomic E-state index is 5.57. The predicted molar refractivity (Wildman–Crippen MR) is 63.9 cm³/mol. The third-order valence-corrected chi connectivity index (χ3v) is 2.47. The molecule has 0 saturated carbocycles. The van der Waals surface area contributed by atoms with Crippen molar-refractivity contribution in [2.45, 2.75) is 20.3 Å². The van der Waals surface area contributed by atoms with E-state index < -0.39 is 0 Å². The van der Waals surface area contributed by atoms with E-state index in [1.165, 1.54) is 5.56 Å². The summed E-state index contributed by atoms with van der Waals surface area (Å²) < 4.78 is 0. The van der Waals surface area contributed by atoms with E-state index in [9.17, 15) is 0 Å². The van der Waals surface area contributed by atoms with Gasteiger partial charge in [-0.1, -0.05) is 30.7 Å². The summed E-state index contributed by atoms with van der Waals surface area (Å²) in [5.41, 5.74) is 5.25. The highest BCUT2D eigenvalue weighted by atomic mass is 35.5. The molecule has 1 nitrogen and oxygen atoms in total. The Bertz CT molecular complexity index is 318. The number of nitrogens with one attached hydrogen (secondary N) is 1. The van der Waals surface area contributed by atoms with Crippen LogP contribution < -0.4 is 5.32 Å². The third-order valence-electron chi connectivity index (χ3n) is 2.09. The van der Waals surface area contributed by atoms with Gasteiger partial charge in [-0.05, 0) is 36.6 Å². The van der Waals surface area contributed by atoms with Crippen LogP contribution in [-0.4, -0.2) is 6.54 Å². The van der Waals surface area contributed by atoms with E-state index >= 15 is 0 Å². The van der Waals surface area contributed by atoms with Crippen molar-refractivity contribution in [2.75, 3.05) is 11.9 Å². The molecule has 0 atom stereocenters. The molecule has 1 aromatic rings. The van der Waals surface area contributed by atoms with Crippen molar-refractivity contribution in [3.63, 3.8) is 0 Å². The lowest BCUT2D eigenvalue weighted by atomic mass is 10.1. The topological polar surface area (TPSA) is 12.0 Å². The van der Waals surface area contributed by atoms with Crippen molar-refractivity contribution in [3.05, 3.63) is 40.9 Å². The van der Waals surface area contributed by atoms with Gasteiger partial charge >= 0.3 is 0 Å². The van der Waals surface area contributed by atoms with Crippen LogP contribution in [0.15, 0.2) is 35.4 Å². The van der Waals surface area contributed by atoms with Gasteiger partial charge in [-0.3, -0.25) is 0 Å². The zero-order chi connectivity index (χ0) is 10.4. The molecule has 1 aromatic carbocycles. The first-order valence-electron chi connectivity index (χ1n) is 4.85. The molecule has 0 radical (unpaired) electrons. The van der Waals surface area contributed by atoms with Crippen LogP contribution in [0.5, 0.6) is 0 Å². The number of rotatable bonds is 4. The molecule has 1 N–H and O–H groups in total. The summed E-state index contributed by atoms with van der Waals surface area (Å²) in [7, 11) is 0. The molecule has 0 bridgehead atoms. The van der Waals surface area contributed by atoms with Gasteiger partial charge in [0.25, 0.3) is 0 Å². The van der Waals surface area contributed by atoms with Crippen molar-refractivity contribution in [1.29, 1.82) is 0 Å². The Morgan fingerprint density at radius 2 is 2.29 bits per heavy atom. The fraction of sp³-hybridized carbons (Fsp3) is 0.333. The van der Waals surface area contributed by atoms with Gasteiger partial charge in [-0.25, -0.2) is 0 Å². The second-order valence-corrected chi connectivity index (χ2v) is 3.58. The molecular weight excluding hydrogens is 194 g/mol. The first-order valence-corrected chi connectivity index (χ1v) is 5.28. The molecule has 0 amide bonds. The number of aryl methyl sites for hydroxylation is 1. The number of halogens is 1. The van der Waals surface area contributed by atoms with E-state index in [1.807, 2.05) is 6.92 Å². The largest absolute Gasteiger partial charge is 0.381 e. The Balaban J connectivity index is 2.58. The lowest BCUT2D eigenvalue weighted by Gasteiger charge is -2.07. The van der Waals surface area contributed by atoms with Crippen molar-refractivity contribution >= 4 is 17.3 Å². The van der Waals surface area contributed by atoms with Gasteiger partial charge in [-0.15, -0.1) is 0 Å². The summed E-state index contributed by atoms with van der Waals surface area (Å²) in [6, 6.07) is 8.44. The predicted octanol–water partition coefficient (Wildman–Crippen LogP) is 3.80. The summed E-state index contributed by atoms with van der Waals surface area (Å²) in [5.74, 6) is 0. The van der Waals surface area contributed by atoms with Gasteiger partial charge in [-0.2, -0.15) is 0 Å². The lowest BCUT2D eigenvalue weighted by Crippen LogP contribution is -2.02. The molecule has 0 saturated heterocycles. The van der Waals surface area contributed by atoms with Gasteiger partial charge in [0.15, 0.2) is 0 Å². The quantitative estimate of drug-likeness (QED) is 0.796. The second-order valence-electron chi connectivity index (χ2n) is 3.36. The van der Waals surface area contributed by atoms with Crippen molar-refractivity contribution in [2.24, 2.45) is 0 Å². The minimum Gasteiger partial charge on any atom is -0.381 e. The van der Waals surface area contributed by atoms with Crippen molar-refractivity contribution < 1.29 is 0 Å². The van der Waals surface area contributed by atoms with Gasteiger partial charge in [0.1, 0.15) is 0 Å². The Morgan fingerprint density at radius 3 is 2.93 bits per heavy atom. The maximum Gasteiger partial charge on any atom is 0.0369 e. The molecule has 0 aliphatic heterocycles. The fourth-order valence-electron chi connectivity index (χ4n) is 1.18. The maximum atomic E-state index is 5.57. The first-order chi connectivity index (χ1) is 6.76. The van der Waals surface area contributed by atoms with Crippen molar-refractivity contribution in [3.8, 4) is 0 Å². The molecule has 0 fully saturated rings. The molecule has 0 unspecified atom stereocenters. The minimum absolute atomic E-state index is 0.802. The monoisotopic (exact) mass is 209 g/mol. The fourth-order valence-corrected chi connectivity index (χ4v) is 1.26. The molecule has 2 heteroatoms. The summed E-state index contributed by atoms with van der Waals surface area (Å²) in [5, 5.41) is 3.32. The van der Waals surface area contributed by atoms with Crippen LogP contribution in [0.1, 0.15) is 19.4 Å². The molecule has 14 heavy (non-hydrogen) atoms. The second kappa shape index (κ2) is 5.71. The van der Waals surface area contributed by atoms with Crippen LogP contribution >= 0.6 is 11.6 Å². The summed E-state index contributed by atoms with van der Waals surface area (Å²) in [6.07, 6.45) is 1.07. The molecule has 1 rings (SSSR count). The van der Waals surface area contributed by atoms with Crippen LogP contribution in [0.2, 0.25) is 0 Å². The minimum atomic E-state index is 0.802. The molecular formula is C12H16ClN.